The summed E-state index contributed by atoms with van der Waals surface area (Å²) in [7, 11) is 2.14. The number of carbonyl (C=O) groups is 1. The molecule has 1 aromatic heterocycles. The van der Waals surface area contributed by atoms with Crippen molar-refractivity contribution in [2.45, 2.75) is 51.2 Å². The van der Waals surface area contributed by atoms with Crippen molar-refractivity contribution >= 4 is 28.2 Å². The Balaban J connectivity index is 1.31. The van der Waals surface area contributed by atoms with Gasteiger partial charge in [0.15, 0.2) is 0 Å². The number of piperazine rings is 1. The first kappa shape index (κ1) is 28.0. The number of hydrogen-bond donors (Lipinski definition) is 0. The minimum absolute atomic E-state index is 0.135. The van der Waals surface area contributed by atoms with Crippen LogP contribution >= 0.6 is 0 Å². The van der Waals surface area contributed by atoms with Gasteiger partial charge in [-0.05, 0) is 56.3 Å². The smallest absolute Gasteiger partial charge is 0.318 e. The Hall–Kier alpha value is -4.16. The van der Waals surface area contributed by atoms with E-state index in [9.17, 15) is 10.1 Å². The predicted octanol–water partition coefficient (Wildman–Crippen LogP) is 4.09. The van der Waals surface area contributed by atoms with E-state index in [0.29, 0.717) is 44.8 Å². The van der Waals surface area contributed by atoms with Crippen LogP contribution in [0.3, 0.4) is 0 Å². The molecule has 0 N–H and O–H groups in total. The zero-order valence-electron chi connectivity index (χ0n) is 24.6. The largest absolute Gasteiger partial charge is 0.462 e. The Bertz CT molecular complexity index is 1520. The van der Waals surface area contributed by atoms with Gasteiger partial charge in [0.05, 0.1) is 30.8 Å². The van der Waals surface area contributed by atoms with Crippen molar-refractivity contribution in [1.29, 1.82) is 5.26 Å². The van der Waals surface area contributed by atoms with Crippen LogP contribution in [-0.2, 0) is 17.8 Å². The Morgan fingerprint density at radius 2 is 1.98 bits per heavy atom. The molecule has 1 saturated heterocycles. The van der Waals surface area contributed by atoms with Crippen molar-refractivity contribution in [3.05, 3.63) is 65.9 Å². The summed E-state index contributed by atoms with van der Waals surface area (Å²) in [5, 5.41) is 12.0. The Kier molecular flexibility index (Phi) is 7.98. The molecular formula is C33H39N7O2. The summed E-state index contributed by atoms with van der Waals surface area (Å²) < 4.78 is 6.19. The molecule has 218 valence electrons. The third kappa shape index (κ3) is 5.64. The zero-order chi connectivity index (χ0) is 29.2. The first-order valence-electron chi connectivity index (χ1n) is 15.0. The van der Waals surface area contributed by atoms with E-state index >= 15 is 0 Å². The van der Waals surface area contributed by atoms with E-state index in [1.54, 1.807) is 4.90 Å². The fraction of sp³-hybridized carbons (Fsp3) is 0.455. The lowest BCUT2D eigenvalue weighted by molar-refractivity contribution is -0.128. The molecule has 0 radical (unpaired) electrons. The van der Waals surface area contributed by atoms with Gasteiger partial charge < -0.3 is 24.3 Å². The first-order chi connectivity index (χ1) is 20.5. The lowest BCUT2D eigenvalue weighted by Gasteiger charge is -2.42. The highest BCUT2D eigenvalue weighted by molar-refractivity contribution is 5.97. The number of ether oxygens (including phenoxy) is 1. The lowest BCUT2D eigenvalue weighted by Crippen LogP contribution is -2.55. The summed E-state index contributed by atoms with van der Waals surface area (Å²) >= 11 is 0. The van der Waals surface area contributed by atoms with E-state index in [-0.39, 0.29) is 18.4 Å². The van der Waals surface area contributed by atoms with Crippen LogP contribution in [0.4, 0.5) is 11.5 Å². The number of rotatable bonds is 9. The maximum atomic E-state index is 12.5. The highest BCUT2D eigenvalue weighted by Crippen LogP contribution is 2.36. The molecule has 1 saturated carbocycles. The van der Waals surface area contributed by atoms with E-state index in [1.165, 1.54) is 40.9 Å². The molecule has 0 unspecified atom stereocenters. The summed E-state index contributed by atoms with van der Waals surface area (Å²) in [6, 6.07) is 16.0. The van der Waals surface area contributed by atoms with Crippen molar-refractivity contribution in [3.63, 3.8) is 0 Å². The molecule has 2 aliphatic heterocycles. The van der Waals surface area contributed by atoms with Crippen molar-refractivity contribution in [3.8, 4) is 12.1 Å². The van der Waals surface area contributed by atoms with Gasteiger partial charge in [-0.1, -0.05) is 36.9 Å². The number of hydrogen-bond acceptors (Lipinski definition) is 8. The minimum atomic E-state index is -0.227. The summed E-state index contributed by atoms with van der Waals surface area (Å²) in [5.41, 5.74) is 4.58. The summed E-state index contributed by atoms with van der Waals surface area (Å²) in [4.78, 5) is 31.2. The van der Waals surface area contributed by atoms with E-state index in [1.807, 2.05) is 0 Å². The van der Waals surface area contributed by atoms with Gasteiger partial charge in [-0.2, -0.15) is 15.2 Å². The predicted molar refractivity (Wildman–Crippen MR) is 165 cm³/mol. The van der Waals surface area contributed by atoms with Crippen LogP contribution < -0.4 is 14.5 Å². The first-order valence-corrected chi connectivity index (χ1v) is 15.0. The quantitative estimate of drug-likeness (QED) is 0.359. The van der Waals surface area contributed by atoms with Gasteiger partial charge in [0.1, 0.15) is 12.4 Å². The van der Waals surface area contributed by atoms with E-state index < -0.39 is 0 Å². The highest BCUT2D eigenvalue weighted by atomic mass is 16.5. The van der Waals surface area contributed by atoms with Crippen LogP contribution in [0, 0.1) is 18.3 Å². The lowest BCUT2D eigenvalue weighted by atomic mass is 9.99. The molecule has 1 atom stereocenters. The molecule has 2 fully saturated rings. The maximum absolute atomic E-state index is 12.5. The van der Waals surface area contributed by atoms with Crippen LogP contribution in [0.25, 0.3) is 10.8 Å². The van der Waals surface area contributed by atoms with Gasteiger partial charge in [-0.3, -0.25) is 4.79 Å². The third-order valence-electron chi connectivity index (χ3n) is 8.87. The number of amides is 1. The van der Waals surface area contributed by atoms with Crippen LogP contribution in [0.1, 0.15) is 36.1 Å². The minimum Gasteiger partial charge on any atom is -0.462 e. The number of likely N-dealkylation sites (N-methyl/N-ethyl adjacent to an activating group) is 1. The van der Waals surface area contributed by atoms with Crippen LogP contribution in [-0.4, -0.2) is 84.1 Å². The standard InChI is InChI=1S/C33H39N7O2/c1-4-30(41)40-18-17-39(21-26(40)13-15-34)32-27-14-16-38(29-10-6-9-24-8-5-7-23(2)31(24)29)22-28(27)35-33(36-32)42-20-19-37(3)25-11-12-25/h4-10,25-26H,1,11-14,16-22H2,2-3H3/t26-/m0/s1. The van der Waals surface area contributed by atoms with Crippen molar-refractivity contribution in [2.75, 3.05) is 56.2 Å². The monoisotopic (exact) mass is 565 g/mol. The van der Waals surface area contributed by atoms with Crippen molar-refractivity contribution in [2.24, 2.45) is 0 Å². The fourth-order valence-corrected chi connectivity index (χ4v) is 6.40. The molecule has 3 aliphatic rings. The molecule has 1 amide bonds. The molecule has 1 aliphatic carbocycles. The van der Waals surface area contributed by atoms with Crippen LogP contribution in [0.15, 0.2) is 49.1 Å². The maximum Gasteiger partial charge on any atom is 0.318 e. The van der Waals surface area contributed by atoms with Crippen molar-refractivity contribution < 1.29 is 9.53 Å². The molecule has 0 bridgehead atoms. The average Bonchev–Trinajstić information content (AvgIpc) is 3.86. The van der Waals surface area contributed by atoms with Gasteiger partial charge in [0.2, 0.25) is 5.91 Å². The second kappa shape index (κ2) is 12.0. The third-order valence-corrected chi connectivity index (χ3v) is 8.87. The average molecular weight is 566 g/mol. The second-order valence-corrected chi connectivity index (χ2v) is 11.6. The summed E-state index contributed by atoms with van der Waals surface area (Å²) in [6.45, 7) is 10.4. The highest BCUT2D eigenvalue weighted by Gasteiger charge is 2.33. The molecule has 3 heterocycles. The molecule has 2 aromatic carbocycles. The van der Waals surface area contributed by atoms with Gasteiger partial charge in [0.25, 0.3) is 0 Å². The Morgan fingerprint density at radius 1 is 1.17 bits per heavy atom. The summed E-state index contributed by atoms with van der Waals surface area (Å²) in [5.74, 6) is 0.734. The van der Waals surface area contributed by atoms with Gasteiger partial charge in [-0.15, -0.1) is 0 Å². The summed E-state index contributed by atoms with van der Waals surface area (Å²) in [6.07, 6.45) is 4.90. The van der Waals surface area contributed by atoms with Gasteiger partial charge >= 0.3 is 6.01 Å². The number of benzene rings is 2. The number of fused-ring (bicyclic) bond motifs is 2. The van der Waals surface area contributed by atoms with Gasteiger partial charge in [-0.25, -0.2) is 0 Å². The van der Waals surface area contributed by atoms with E-state index in [0.717, 1.165) is 36.6 Å². The second-order valence-electron chi connectivity index (χ2n) is 11.6. The molecule has 9 heteroatoms. The molecular weight excluding hydrogens is 526 g/mol. The fourth-order valence-electron chi connectivity index (χ4n) is 6.40. The number of carbonyl (C=O) groups excluding carboxylic acids is 1. The van der Waals surface area contributed by atoms with E-state index in [4.69, 9.17) is 14.7 Å². The molecule has 9 nitrogen and oxygen atoms in total. The van der Waals surface area contributed by atoms with Crippen molar-refractivity contribution in [1.82, 2.24) is 19.8 Å². The number of anilines is 2. The van der Waals surface area contributed by atoms with E-state index in [2.05, 4.69) is 77.7 Å². The van der Waals surface area contributed by atoms with Crippen LogP contribution in [0.2, 0.25) is 0 Å². The molecule has 3 aromatic rings. The number of aromatic nitrogens is 2. The molecule has 42 heavy (non-hydrogen) atoms. The van der Waals surface area contributed by atoms with Gasteiger partial charge in [0, 0.05) is 55.4 Å². The number of nitrogens with zero attached hydrogens (tertiary/aromatic N) is 7. The Morgan fingerprint density at radius 3 is 2.74 bits per heavy atom. The number of nitriles is 1. The molecule has 0 spiro atoms. The SMILES string of the molecule is C=CC(=O)N1CCN(c2nc(OCCN(C)C3CC3)nc3c2CCN(c2cccc4cccc(C)c24)C3)C[C@@H]1CC#N. The number of aryl methyl sites for hydroxylation is 1. The normalized spacial score (nSPS) is 18.6. The zero-order valence-corrected chi connectivity index (χ0v) is 24.6. The van der Waals surface area contributed by atoms with Crippen LogP contribution in [0.5, 0.6) is 6.01 Å². The molecule has 6 rings (SSSR count). The topological polar surface area (TPSA) is 88.8 Å². The Labute approximate surface area is 248 Å².